The largest absolute Gasteiger partial charge is 0.379 e. The van der Waals surface area contributed by atoms with Gasteiger partial charge in [-0.25, -0.2) is 0 Å². The zero-order valence-electron chi connectivity index (χ0n) is 9.96. The molecule has 4 heteroatoms. The number of halogens is 1. The molecule has 1 atom stereocenters. The van der Waals surface area contributed by atoms with Gasteiger partial charge in [-0.1, -0.05) is 29.8 Å². The Balaban J connectivity index is 2.87. The third-order valence-electron chi connectivity index (χ3n) is 2.73. The van der Waals surface area contributed by atoms with Crippen molar-refractivity contribution in [3.8, 4) is 0 Å². The van der Waals surface area contributed by atoms with E-state index in [0.717, 1.165) is 17.0 Å². The number of methoxy groups -OCH3 is 1. The Labute approximate surface area is 102 Å². The fourth-order valence-corrected chi connectivity index (χ4v) is 1.86. The number of benzene rings is 1. The second kappa shape index (κ2) is 5.64. The highest BCUT2D eigenvalue weighted by atomic mass is 35.5. The van der Waals surface area contributed by atoms with Crippen LogP contribution in [0.3, 0.4) is 0 Å². The Morgan fingerprint density at radius 1 is 1.44 bits per heavy atom. The Morgan fingerprint density at radius 2 is 2.06 bits per heavy atom. The quantitative estimate of drug-likeness (QED) is 0.617. The lowest BCUT2D eigenvalue weighted by molar-refractivity contribution is 0.00682. The Morgan fingerprint density at radius 3 is 2.56 bits per heavy atom. The third kappa shape index (κ3) is 3.46. The lowest BCUT2D eigenvalue weighted by Gasteiger charge is -2.28. The minimum absolute atomic E-state index is 0.0105. The summed E-state index contributed by atoms with van der Waals surface area (Å²) in [5.74, 6) is 5.57. The summed E-state index contributed by atoms with van der Waals surface area (Å²) in [5.41, 5.74) is 3.54. The molecule has 0 aromatic heterocycles. The van der Waals surface area contributed by atoms with Crippen LogP contribution >= 0.6 is 11.6 Å². The van der Waals surface area contributed by atoms with Crippen molar-refractivity contribution in [3.63, 3.8) is 0 Å². The van der Waals surface area contributed by atoms with Crippen molar-refractivity contribution in [1.29, 1.82) is 0 Å². The van der Waals surface area contributed by atoms with Gasteiger partial charge < -0.3 is 4.74 Å². The van der Waals surface area contributed by atoms with Gasteiger partial charge in [0.1, 0.15) is 0 Å². The van der Waals surface area contributed by atoms with E-state index >= 15 is 0 Å². The van der Waals surface area contributed by atoms with Crippen LogP contribution in [0.2, 0.25) is 5.02 Å². The summed E-state index contributed by atoms with van der Waals surface area (Å²) >= 11 is 6.13. The Hall–Kier alpha value is -0.610. The highest BCUT2D eigenvalue weighted by Crippen LogP contribution is 2.29. The lowest BCUT2D eigenvalue weighted by atomic mass is 9.94. The molecule has 1 unspecified atom stereocenters. The van der Waals surface area contributed by atoms with E-state index in [-0.39, 0.29) is 11.6 Å². The van der Waals surface area contributed by atoms with Crippen LogP contribution < -0.4 is 11.3 Å². The zero-order chi connectivity index (χ0) is 12.2. The molecule has 0 fully saturated rings. The SMILES string of the molecule is COC(C)(C)CC(NN)c1ccccc1Cl. The monoisotopic (exact) mass is 242 g/mol. The van der Waals surface area contributed by atoms with Crippen molar-refractivity contribution in [3.05, 3.63) is 34.9 Å². The van der Waals surface area contributed by atoms with E-state index in [0.29, 0.717) is 0 Å². The lowest BCUT2D eigenvalue weighted by Crippen LogP contribution is -2.35. The molecule has 0 saturated carbocycles. The maximum absolute atomic E-state index is 6.13. The molecular weight excluding hydrogens is 224 g/mol. The van der Waals surface area contributed by atoms with Gasteiger partial charge in [-0.05, 0) is 31.9 Å². The molecule has 3 N–H and O–H groups in total. The molecule has 1 aromatic rings. The molecule has 3 nitrogen and oxygen atoms in total. The summed E-state index contributed by atoms with van der Waals surface area (Å²) in [5, 5.41) is 0.720. The van der Waals surface area contributed by atoms with Crippen LogP contribution in [0.5, 0.6) is 0 Å². The van der Waals surface area contributed by atoms with Crippen molar-refractivity contribution in [2.45, 2.75) is 31.9 Å². The second-order valence-corrected chi connectivity index (χ2v) is 4.82. The van der Waals surface area contributed by atoms with Gasteiger partial charge in [0.2, 0.25) is 0 Å². The van der Waals surface area contributed by atoms with Gasteiger partial charge in [0.25, 0.3) is 0 Å². The van der Waals surface area contributed by atoms with E-state index in [1.807, 2.05) is 38.1 Å². The van der Waals surface area contributed by atoms with E-state index in [1.165, 1.54) is 0 Å². The molecule has 0 bridgehead atoms. The number of hydrazine groups is 1. The van der Waals surface area contributed by atoms with Crippen molar-refractivity contribution < 1.29 is 4.74 Å². The predicted molar refractivity (Wildman–Crippen MR) is 67.2 cm³/mol. The molecule has 0 spiro atoms. The van der Waals surface area contributed by atoms with Crippen LogP contribution in [0, 0.1) is 0 Å². The fourth-order valence-electron chi connectivity index (χ4n) is 1.59. The van der Waals surface area contributed by atoms with Crippen LogP contribution in [0.25, 0.3) is 0 Å². The molecule has 1 rings (SSSR count). The average Bonchev–Trinajstić information content (AvgIpc) is 2.27. The first-order valence-electron chi connectivity index (χ1n) is 5.26. The molecule has 0 amide bonds. The molecule has 1 aromatic carbocycles. The van der Waals surface area contributed by atoms with Crippen molar-refractivity contribution in [2.75, 3.05) is 7.11 Å². The first-order chi connectivity index (χ1) is 7.50. The van der Waals surface area contributed by atoms with Gasteiger partial charge in [0.15, 0.2) is 0 Å². The van der Waals surface area contributed by atoms with Crippen molar-refractivity contribution in [2.24, 2.45) is 5.84 Å². The van der Waals surface area contributed by atoms with E-state index in [1.54, 1.807) is 7.11 Å². The first kappa shape index (κ1) is 13.5. The first-order valence-corrected chi connectivity index (χ1v) is 5.63. The normalized spacial score (nSPS) is 13.8. The van der Waals surface area contributed by atoms with Crippen molar-refractivity contribution >= 4 is 11.6 Å². The summed E-state index contributed by atoms with van der Waals surface area (Å²) in [6.07, 6.45) is 0.754. The topological polar surface area (TPSA) is 47.3 Å². The molecule has 0 aliphatic carbocycles. The third-order valence-corrected chi connectivity index (χ3v) is 3.07. The summed E-state index contributed by atoms with van der Waals surface area (Å²) in [4.78, 5) is 0. The average molecular weight is 243 g/mol. The number of nitrogens with two attached hydrogens (primary N) is 1. The predicted octanol–water partition coefficient (Wildman–Crippen LogP) is 2.66. The molecule has 0 radical (unpaired) electrons. The number of hydrogen-bond donors (Lipinski definition) is 2. The zero-order valence-corrected chi connectivity index (χ0v) is 10.7. The summed E-state index contributed by atoms with van der Waals surface area (Å²) in [6, 6.07) is 7.68. The minimum Gasteiger partial charge on any atom is -0.379 e. The highest BCUT2D eigenvalue weighted by molar-refractivity contribution is 6.31. The number of hydrogen-bond acceptors (Lipinski definition) is 3. The molecule has 0 aliphatic heterocycles. The standard InChI is InChI=1S/C12H19ClN2O/c1-12(2,16-3)8-11(15-14)9-6-4-5-7-10(9)13/h4-7,11,15H,8,14H2,1-3H3. The van der Waals surface area contributed by atoms with E-state index in [4.69, 9.17) is 22.2 Å². The van der Waals surface area contributed by atoms with Gasteiger partial charge in [-0.3, -0.25) is 11.3 Å². The van der Waals surface area contributed by atoms with Crippen LogP contribution in [0.15, 0.2) is 24.3 Å². The van der Waals surface area contributed by atoms with E-state index < -0.39 is 0 Å². The summed E-state index contributed by atoms with van der Waals surface area (Å²) < 4.78 is 5.39. The van der Waals surface area contributed by atoms with E-state index in [2.05, 4.69) is 5.43 Å². The van der Waals surface area contributed by atoms with Gasteiger partial charge in [-0.15, -0.1) is 0 Å². The molecule has 0 heterocycles. The van der Waals surface area contributed by atoms with Crippen LogP contribution in [0.1, 0.15) is 31.9 Å². The Bertz CT molecular complexity index is 342. The number of rotatable bonds is 5. The fraction of sp³-hybridized carbons (Fsp3) is 0.500. The molecule has 16 heavy (non-hydrogen) atoms. The highest BCUT2D eigenvalue weighted by Gasteiger charge is 2.24. The molecule has 0 aliphatic rings. The summed E-state index contributed by atoms with van der Waals surface area (Å²) in [7, 11) is 1.69. The second-order valence-electron chi connectivity index (χ2n) is 4.41. The maximum Gasteiger partial charge on any atom is 0.0641 e. The van der Waals surface area contributed by atoms with Crippen LogP contribution in [0.4, 0.5) is 0 Å². The minimum atomic E-state index is -0.240. The van der Waals surface area contributed by atoms with Gasteiger partial charge in [-0.2, -0.15) is 0 Å². The molecule has 0 saturated heterocycles. The van der Waals surface area contributed by atoms with E-state index in [9.17, 15) is 0 Å². The summed E-state index contributed by atoms with van der Waals surface area (Å²) in [6.45, 7) is 4.04. The van der Waals surface area contributed by atoms with Gasteiger partial charge in [0.05, 0.1) is 11.6 Å². The molecule has 90 valence electrons. The van der Waals surface area contributed by atoms with Gasteiger partial charge >= 0.3 is 0 Å². The van der Waals surface area contributed by atoms with Gasteiger partial charge in [0, 0.05) is 12.1 Å². The maximum atomic E-state index is 6.13. The molecular formula is C12H19ClN2O. The van der Waals surface area contributed by atoms with Crippen LogP contribution in [-0.4, -0.2) is 12.7 Å². The van der Waals surface area contributed by atoms with Crippen LogP contribution in [-0.2, 0) is 4.74 Å². The van der Waals surface area contributed by atoms with Crippen molar-refractivity contribution in [1.82, 2.24) is 5.43 Å². The number of ether oxygens (including phenoxy) is 1. The smallest absolute Gasteiger partial charge is 0.0641 e. The number of nitrogens with one attached hydrogen (secondary N) is 1. The Kier molecular flexibility index (Phi) is 4.74.